The number of methoxy groups -OCH3 is 1. The number of rotatable bonds is 9. The SMILES string of the molecule is COCCNC(=O)[C@@H](C)OC(=O)c1ccc(Cl)c(S(=O)(=O)NC2CC2)c1. The van der Waals surface area contributed by atoms with Crippen LogP contribution in [0.2, 0.25) is 5.02 Å². The smallest absolute Gasteiger partial charge is 0.338 e. The zero-order valence-corrected chi connectivity index (χ0v) is 16.0. The van der Waals surface area contributed by atoms with Gasteiger partial charge >= 0.3 is 5.97 Å². The Morgan fingerprint density at radius 3 is 2.65 bits per heavy atom. The number of nitrogens with one attached hydrogen (secondary N) is 2. The Labute approximate surface area is 157 Å². The first-order valence-electron chi connectivity index (χ1n) is 8.04. The van der Waals surface area contributed by atoms with Crippen molar-refractivity contribution in [1.82, 2.24) is 10.0 Å². The van der Waals surface area contributed by atoms with Gasteiger partial charge in [0.1, 0.15) is 4.90 Å². The summed E-state index contributed by atoms with van der Waals surface area (Å²) in [6.07, 6.45) is 0.502. The number of esters is 1. The van der Waals surface area contributed by atoms with E-state index in [1.165, 1.54) is 26.2 Å². The monoisotopic (exact) mass is 404 g/mol. The molecule has 1 aromatic rings. The molecule has 0 heterocycles. The number of carbonyl (C=O) groups excluding carboxylic acids is 2. The minimum atomic E-state index is -3.83. The fraction of sp³-hybridized carbons (Fsp3) is 0.500. The van der Waals surface area contributed by atoms with E-state index in [0.717, 1.165) is 18.9 Å². The van der Waals surface area contributed by atoms with Gasteiger partial charge in [-0.2, -0.15) is 0 Å². The van der Waals surface area contributed by atoms with Crippen LogP contribution in [-0.4, -0.2) is 52.7 Å². The molecule has 1 aliphatic rings. The molecular weight excluding hydrogens is 384 g/mol. The van der Waals surface area contributed by atoms with Crippen LogP contribution in [0.4, 0.5) is 0 Å². The van der Waals surface area contributed by atoms with Crippen LogP contribution in [0.3, 0.4) is 0 Å². The number of hydrogen-bond donors (Lipinski definition) is 2. The number of halogens is 1. The lowest BCUT2D eigenvalue weighted by Crippen LogP contribution is -2.37. The van der Waals surface area contributed by atoms with Crippen LogP contribution in [0.1, 0.15) is 30.1 Å². The molecule has 1 amide bonds. The van der Waals surface area contributed by atoms with Crippen molar-refractivity contribution < 1.29 is 27.5 Å². The van der Waals surface area contributed by atoms with E-state index >= 15 is 0 Å². The van der Waals surface area contributed by atoms with Crippen molar-refractivity contribution in [3.63, 3.8) is 0 Å². The summed E-state index contributed by atoms with van der Waals surface area (Å²) in [6.45, 7) is 2.04. The van der Waals surface area contributed by atoms with E-state index in [1.807, 2.05) is 0 Å². The third-order valence-corrected chi connectivity index (χ3v) is 5.62. The van der Waals surface area contributed by atoms with Crippen molar-refractivity contribution in [2.45, 2.75) is 36.8 Å². The number of ether oxygens (including phenoxy) is 2. The van der Waals surface area contributed by atoms with Crippen LogP contribution in [-0.2, 0) is 24.3 Å². The van der Waals surface area contributed by atoms with E-state index in [-0.39, 0.29) is 28.1 Å². The number of amides is 1. The number of benzene rings is 1. The fourth-order valence-corrected chi connectivity index (χ4v) is 3.85. The predicted octanol–water partition coefficient (Wildman–Crippen LogP) is 1.09. The normalized spacial score (nSPS) is 15.3. The Bertz CT molecular complexity index is 779. The summed E-state index contributed by atoms with van der Waals surface area (Å²) in [5.74, 6) is -1.30. The highest BCUT2D eigenvalue weighted by Gasteiger charge is 2.30. The molecule has 0 unspecified atom stereocenters. The predicted molar refractivity (Wildman–Crippen MR) is 94.6 cm³/mol. The van der Waals surface area contributed by atoms with Crippen molar-refractivity contribution in [3.05, 3.63) is 28.8 Å². The molecule has 1 atom stereocenters. The van der Waals surface area contributed by atoms with Gasteiger partial charge < -0.3 is 14.8 Å². The van der Waals surface area contributed by atoms with Gasteiger partial charge in [-0.05, 0) is 38.0 Å². The Balaban J connectivity index is 2.07. The maximum absolute atomic E-state index is 12.3. The molecule has 0 aromatic heterocycles. The lowest BCUT2D eigenvalue weighted by atomic mass is 10.2. The Hall–Kier alpha value is -1.68. The van der Waals surface area contributed by atoms with Crippen molar-refractivity contribution in [2.75, 3.05) is 20.3 Å². The largest absolute Gasteiger partial charge is 0.449 e. The van der Waals surface area contributed by atoms with Gasteiger partial charge in [0.15, 0.2) is 6.10 Å². The van der Waals surface area contributed by atoms with E-state index < -0.39 is 28.0 Å². The first kappa shape index (κ1) is 20.6. The van der Waals surface area contributed by atoms with Crippen LogP contribution < -0.4 is 10.0 Å². The molecule has 0 saturated heterocycles. The van der Waals surface area contributed by atoms with Crippen molar-refractivity contribution in [2.24, 2.45) is 0 Å². The average Bonchev–Trinajstić information content (AvgIpc) is 3.38. The molecule has 8 nitrogen and oxygen atoms in total. The molecule has 0 radical (unpaired) electrons. The van der Waals surface area contributed by atoms with Gasteiger partial charge in [0.2, 0.25) is 10.0 Å². The maximum Gasteiger partial charge on any atom is 0.338 e. The second kappa shape index (κ2) is 8.81. The molecule has 1 aromatic carbocycles. The lowest BCUT2D eigenvalue weighted by Gasteiger charge is -2.14. The second-order valence-electron chi connectivity index (χ2n) is 5.87. The molecule has 10 heteroatoms. The van der Waals surface area contributed by atoms with Crippen molar-refractivity contribution in [1.29, 1.82) is 0 Å². The first-order valence-corrected chi connectivity index (χ1v) is 9.90. The minimum absolute atomic E-state index is 0.0000529. The van der Waals surface area contributed by atoms with Crippen LogP contribution in [0.15, 0.2) is 23.1 Å². The fourth-order valence-electron chi connectivity index (χ4n) is 2.02. The standard InChI is InChI=1S/C16H21ClN2O6S/c1-10(15(20)18-7-8-24-2)25-16(21)11-3-6-13(17)14(9-11)26(22,23)19-12-4-5-12/h3,6,9-10,12,19H,4-5,7-8H2,1-2H3,(H,18,20)/t10-/m1/s1. The van der Waals surface area contributed by atoms with E-state index in [4.69, 9.17) is 21.1 Å². The Morgan fingerprint density at radius 2 is 2.04 bits per heavy atom. The zero-order chi connectivity index (χ0) is 19.3. The summed E-state index contributed by atoms with van der Waals surface area (Å²) in [7, 11) is -2.33. The molecule has 1 fully saturated rings. The summed E-state index contributed by atoms with van der Waals surface area (Å²) in [5.41, 5.74) is -0.0119. The van der Waals surface area contributed by atoms with Crippen LogP contribution in [0.5, 0.6) is 0 Å². The van der Waals surface area contributed by atoms with Gasteiger partial charge in [-0.15, -0.1) is 0 Å². The average molecular weight is 405 g/mol. The van der Waals surface area contributed by atoms with E-state index in [2.05, 4.69) is 10.0 Å². The van der Waals surface area contributed by atoms with Crippen molar-refractivity contribution >= 4 is 33.5 Å². The third-order valence-electron chi connectivity index (χ3n) is 3.61. The zero-order valence-electron chi connectivity index (χ0n) is 14.5. The molecular formula is C16H21ClN2O6S. The highest BCUT2D eigenvalue weighted by molar-refractivity contribution is 7.89. The Kier molecular flexibility index (Phi) is 6.99. The van der Waals surface area contributed by atoms with E-state index in [1.54, 1.807) is 0 Å². The van der Waals surface area contributed by atoms with Gasteiger partial charge in [-0.25, -0.2) is 17.9 Å². The van der Waals surface area contributed by atoms with Crippen molar-refractivity contribution in [3.8, 4) is 0 Å². The second-order valence-corrected chi connectivity index (χ2v) is 7.96. The summed E-state index contributed by atoms with van der Waals surface area (Å²) in [4.78, 5) is 23.9. The first-order chi connectivity index (χ1) is 12.2. The summed E-state index contributed by atoms with van der Waals surface area (Å²) >= 11 is 5.97. The van der Waals surface area contributed by atoms with Gasteiger partial charge in [0.05, 0.1) is 17.2 Å². The van der Waals surface area contributed by atoms with E-state index in [0.29, 0.717) is 6.61 Å². The minimum Gasteiger partial charge on any atom is -0.449 e. The molecule has 0 spiro atoms. The van der Waals surface area contributed by atoms with Crippen LogP contribution >= 0.6 is 11.6 Å². The molecule has 26 heavy (non-hydrogen) atoms. The summed E-state index contributed by atoms with van der Waals surface area (Å²) < 4.78 is 37.1. The molecule has 1 saturated carbocycles. The topological polar surface area (TPSA) is 111 Å². The van der Waals surface area contributed by atoms with Crippen LogP contribution in [0, 0.1) is 0 Å². The quantitative estimate of drug-likeness (QED) is 0.470. The molecule has 0 aliphatic heterocycles. The Morgan fingerprint density at radius 1 is 1.35 bits per heavy atom. The van der Waals surface area contributed by atoms with E-state index in [9.17, 15) is 18.0 Å². The van der Waals surface area contributed by atoms with Gasteiger partial charge in [0.25, 0.3) is 5.91 Å². The highest BCUT2D eigenvalue weighted by atomic mass is 35.5. The third kappa shape index (κ3) is 5.66. The molecule has 2 rings (SSSR count). The lowest BCUT2D eigenvalue weighted by molar-refractivity contribution is -0.129. The number of sulfonamides is 1. The summed E-state index contributed by atoms with van der Waals surface area (Å²) in [5, 5.41) is 2.55. The van der Waals surface area contributed by atoms with Crippen LogP contribution in [0.25, 0.3) is 0 Å². The molecule has 144 valence electrons. The number of carbonyl (C=O) groups is 2. The molecule has 0 bridgehead atoms. The maximum atomic E-state index is 12.3. The number of hydrogen-bond acceptors (Lipinski definition) is 6. The molecule has 1 aliphatic carbocycles. The van der Waals surface area contributed by atoms with Gasteiger partial charge in [-0.1, -0.05) is 11.6 Å². The summed E-state index contributed by atoms with van der Waals surface area (Å²) in [6, 6.07) is 3.70. The molecule has 2 N–H and O–H groups in total. The highest BCUT2D eigenvalue weighted by Crippen LogP contribution is 2.27. The van der Waals surface area contributed by atoms with Gasteiger partial charge in [-0.3, -0.25) is 4.79 Å². The van der Waals surface area contributed by atoms with Gasteiger partial charge in [0, 0.05) is 19.7 Å².